The SMILES string of the molecule is COc1cc(N)cc(C(=O)OCCOCC(C)C)c1. The molecule has 0 saturated carbocycles. The van der Waals surface area contributed by atoms with Gasteiger partial charge < -0.3 is 19.9 Å². The van der Waals surface area contributed by atoms with Gasteiger partial charge in [0, 0.05) is 18.4 Å². The number of carbonyl (C=O) groups excluding carboxylic acids is 1. The molecule has 0 fully saturated rings. The van der Waals surface area contributed by atoms with Crippen molar-refractivity contribution in [2.45, 2.75) is 13.8 Å². The summed E-state index contributed by atoms with van der Waals surface area (Å²) in [7, 11) is 1.52. The van der Waals surface area contributed by atoms with Crippen molar-refractivity contribution in [2.75, 3.05) is 32.7 Å². The van der Waals surface area contributed by atoms with Gasteiger partial charge in [0.15, 0.2) is 0 Å². The van der Waals surface area contributed by atoms with Crippen LogP contribution >= 0.6 is 0 Å². The molecule has 0 heterocycles. The molecule has 5 nitrogen and oxygen atoms in total. The van der Waals surface area contributed by atoms with Crippen LogP contribution in [0.5, 0.6) is 5.75 Å². The van der Waals surface area contributed by atoms with Crippen LogP contribution in [0.15, 0.2) is 18.2 Å². The summed E-state index contributed by atoms with van der Waals surface area (Å²) in [6, 6.07) is 4.79. The maximum atomic E-state index is 11.8. The summed E-state index contributed by atoms with van der Waals surface area (Å²) in [4.78, 5) is 11.8. The molecular formula is C14H21NO4. The number of methoxy groups -OCH3 is 1. The number of anilines is 1. The fourth-order valence-electron chi connectivity index (χ4n) is 1.45. The van der Waals surface area contributed by atoms with E-state index in [0.717, 1.165) is 0 Å². The Labute approximate surface area is 113 Å². The number of hydrogen-bond acceptors (Lipinski definition) is 5. The minimum absolute atomic E-state index is 0.225. The van der Waals surface area contributed by atoms with E-state index in [-0.39, 0.29) is 6.61 Å². The van der Waals surface area contributed by atoms with E-state index in [1.807, 2.05) is 0 Å². The van der Waals surface area contributed by atoms with Crippen LogP contribution < -0.4 is 10.5 Å². The van der Waals surface area contributed by atoms with Gasteiger partial charge in [-0.1, -0.05) is 13.8 Å². The van der Waals surface area contributed by atoms with Gasteiger partial charge in [0.2, 0.25) is 0 Å². The van der Waals surface area contributed by atoms with Crippen molar-refractivity contribution in [1.29, 1.82) is 0 Å². The smallest absolute Gasteiger partial charge is 0.338 e. The van der Waals surface area contributed by atoms with Gasteiger partial charge >= 0.3 is 5.97 Å². The lowest BCUT2D eigenvalue weighted by Crippen LogP contribution is -2.13. The number of rotatable bonds is 7. The molecule has 0 spiro atoms. The number of carbonyl (C=O) groups is 1. The van der Waals surface area contributed by atoms with Crippen molar-refractivity contribution in [3.8, 4) is 5.75 Å². The lowest BCUT2D eigenvalue weighted by molar-refractivity contribution is 0.0277. The summed E-state index contributed by atoms with van der Waals surface area (Å²) in [5.41, 5.74) is 6.51. The molecule has 0 aliphatic carbocycles. The normalized spacial score (nSPS) is 10.5. The van der Waals surface area contributed by atoms with Crippen LogP contribution in [-0.2, 0) is 9.47 Å². The first-order valence-electron chi connectivity index (χ1n) is 6.22. The first kappa shape index (κ1) is 15.3. The second-order valence-electron chi connectivity index (χ2n) is 4.60. The van der Waals surface area contributed by atoms with Crippen LogP contribution in [0.4, 0.5) is 5.69 Å². The fraction of sp³-hybridized carbons (Fsp3) is 0.500. The number of benzene rings is 1. The van der Waals surface area contributed by atoms with Gasteiger partial charge in [-0.25, -0.2) is 4.79 Å². The Morgan fingerprint density at radius 1 is 1.26 bits per heavy atom. The summed E-state index contributed by atoms with van der Waals surface area (Å²) in [6.07, 6.45) is 0. The lowest BCUT2D eigenvalue weighted by Gasteiger charge is -2.09. The van der Waals surface area contributed by atoms with E-state index >= 15 is 0 Å². The van der Waals surface area contributed by atoms with E-state index in [4.69, 9.17) is 19.9 Å². The third-order valence-corrected chi connectivity index (χ3v) is 2.31. The Kier molecular flexibility index (Phi) is 6.15. The van der Waals surface area contributed by atoms with Crippen LogP contribution in [0.2, 0.25) is 0 Å². The highest BCUT2D eigenvalue weighted by molar-refractivity contribution is 5.91. The molecule has 2 N–H and O–H groups in total. The minimum Gasteiger partial charge on any atom is -0.497 e. The Balaban J connectivity index is 2.43. The highest BCUT2D eigenvalue weighted by Gasteiger charge is 2.09. The van der Waals surface area contributed by atoms with Crippen molar-refractivity contribution in [3.63, 3.8) is 0 Å². The van der Waals surface area contributed by atoms with Gasteiger partial charge in [-0.2, -0.15) is 0 Å². The molecule has 19 heavy (non-hydrogen) atoms. The van der Waals surface area contributed by atoms with Gasteiger partial charge in [0.25, 0.3) is 0 Å². The van der Waals surface area contributed by atoms with Gasteiger partial charge in [-0.05, 0) is 18.1 Å². The quantitative estimate of drug-likeness (QED) is 0.465. The van der Waals surface area contributed by atoms with Crippen molar-refractivity contribution in [3.05, 3.63) is 23.8 Å². The number of ether oxygens (including phenoxy) is 3. The van der Waals surface area contributed by atoms with E-state index in [9.17, 15) is 4.79 Å². The molecule has 0 radical (unpaired) electrons. The van der Waals surface area contributed by atoms with Crippen molar-refractivity contribution in [2.24, 2.45) is 5.92 Å². The van der Waals surface area contributed by atoms with E-state index in [1.54, 1.807) is 18.2 Å². The molecule has 0 aromatic heterocycles. The largest absolute Gasteiger partial charge is 0.497 e. The number of nitrogens with two attached hydrogens (primary N) is 1. The number of nitrogen functional groups attached to an aromatic ring is 1. The lowest BCUT2D eigenvalue weighted by atomic mass is 10.2. The second kappa shape index (κ2) is 7.63. The topological polar surface area (TPSA) is 70.8 Å². The predicted octanol–water partition coefficient (Wildman–Crippen LogP) is 2.11. The Morgan fingerprint density at radius 3 is 2.63 bits per heavy atom. The maximum absolute atomic E-state index is 11.8. The van der Waals surface area contributed by atoms with Gasteiger partial charge in [-0.3, -0.25) is 0 Å². The molecule has 0 bridgehead atoms. The number of esters is 1. The zero-order valence-electron chi connectivity index (χ0n) is 11.6. The molecule has 0 amide bonds. The van der Waals surface area contributed by atoms with E-state index in [2.05, 4.69) is 13.8 Å². The van der Waals surface area contributed by atoms with Crippen molar-refractivity contribution >= 4 is 11.7 Å². The molecular weight excluding hydrogens is 246 g/mol. The molecule has 0 aliphatic heterocycles. The van der Waals surface area contributed by atoms with Gasteiger partial charge in [-0.15, -0.1) is 0 Å². The van der Waals surface area contributed by atoms with Crippen molar-refractivity contribution in [1.82, 2.24) is 0 Å². The highest BCUT2D eigenvalue weighted by atomic mass is 16.6. The molecule has 0 aliphatic rings. The monoisotopic (exact) mass is 267 g/mol. The van der Waals surface area contributed by atoms with E-state index < -0.39 is 5.97 Å². The zero-order valence-corrected chi connectivity index (χ0v) is 11.6. The summed E-state index contributed by atoms with van der Waals surface area (Å²) >= 11 is 0. The first-order chi connectivity index (χ1) is 9.02. The average Bonchev–Trinajstić information content (AvgIpc) is 2.36. The highest BCUT2D eigenvalue weighted by Crippen LogP contribution is 2.19. The van der Waals surface area contributed by atoms with Gasteiger partial charge in [0.1, 0.15) is 12.4 Å². The Morgan fingerprint density at radius 2 is 2.00 bits per heavy atom. The molecule has 106 valence electrons. The van der Waals surface area contributed by atoms with Crippen LogP contribution in [0.1, 0.15) is 24.2 Å². The van der Waals surface area contributed by atoms with Gasteiger partial charge in [0.05, 0.1) is 19.3 Å². The molecule has 0 unspecified atom stereocenters. The first-order valence-corrected chi connectivity index (χ1v) is 6.22. The van der Waals surface area contributed by atoms with Crippen LogP contribution in [-0.4, -0.2) is 32.9 Å². The summed E-state index contributed by atoms with van der Waals surface area (Å²) < 4.78 is 15.5. The molecule has 1 rings (SSSR count). The van der Waals surface area contributed by atoms with Crippen LogP contribution in [0.3, 0.4) is 0 Å². The Hall–Kier alpha value is -1.75. The van der Waals surface area contributed by atoms with Crippen molar-refractivity contribution < 1.29 is 19.0 Å². The molecule has 5 heteroatoms. The average molecular weight is 267 g/mol. The van der Waals surface area contributed by atoms with E-state index in [0.29, 0.717) is 36.1 Å². The summed E-state index contributed by atoms with van der Waals surface area (Å²) in [5.74, 6) is 0.565. The fourth-order valence-corrected chi connectivity index (χ4v) is 1.45. The second-order valence-corrected chi connectivity index (χ2v) is 4.60. The van der Waals surface area contributed by atoms with Crippen LogP contribution in [0.25, 0.3) is 0 Å². The third kappa shape index (κ3) is 5.61. The van der Waals surface area contributed by atoms with Crippen LogP contribution in [0, 0.1) is 5.92 Å². The Bertz CT molecular complexity index is 418. The summed E-state index contributed by atoms with van der Waals surface area (Å²) in [5, 5.41) is 0. The number of hydrogen-bond donors (Lipinski definition) is 1. The predicted molar refractivity (Wildman–Crippen MR) is 73.3 cm³/mol. The maximum Gasteiger partial charge on any atom is 0.338 e. The minimum atomic E-state index is -0.432. The molecule has 0 atom stereocenters. The molecule has 1 aromatic rings. The summed E-state index contributed by atoms with van der Waals surface area (Å²) in [6.45, 7) is 5.39. The third-order valence-electron chi connectivity index (χ3n) is 2.31. The molecule has 1 aromatic carbocycles. The zero-order chi connectivity index (χ0) is 14.3. The standard InChI is InChI=1S/C14H21NO4/c1-10(2)9-18-4-5-19-14(16)11-6-12(15)8-13(7-11)17-3/h6-8,10H,4-5,9,15H2,1-3H3. The molecule has 0 saturated heterocycles. The van der Waals surface area contributed by atoms with E-state index in [1.165, 1.54) is 7.11 Å².